The van der Waals surface area contributed by atoms with Gasteiger partial charge in [-0.2, -0.15) is 5.26 Å². The van der Waals surface area contributed by atoms with Crippen molar-refractivity contribution < 1.29 is 9.53 Å². The number of aromatic nitrogens is 1. The highest BCUT2D eigenvalue weighted by Gasteiger charge is 2.26. The topological polar surface area (TPSA) is 75.0 Å². The predicted molar refractivity (Wildman–Crippen MR) is 120 cm³/mol. The molecule has 29 heavy (non-hydrogen) atoms. The summed E-state index contributed by atoms with van der Waals surface area (Å²) in [6, 6.07) is 6.22. The number of fused-ring (bicyclic) bond motifs is 1. The van der Waals surface area contributed by atoms with Crippen LogP contribution in [0.5, 0.6) is 0 Å². The van der Waals surface area contributed by atoms with Crippen LogP contribution in [0.3, 0.4) is 0 Å². The summed E-state index contributed by atoms with van der Waals surface area (Å²) < 4.78 is 5.29. The van der Waals surface area contributed by atoms with E-state index >= 15 is 0 Å². The van der Waals surface area contributed by atoms with E-state index in [4.69, 9.17) is 4.74 Å². The normalized spacial score (nSPS) is 13.6. The molecule has 0 amide bonds. The lowest BCUT2D eigenvalue weighted by Gasteiger charge is -2.12. The highest BCUT2D eigenvalue weighted by Crippen LogP contribution is 2.39. The summed E-state index contributed by atoms with van der Waals surface area (Å²) in [5.74, 6) is -0.296. The van der Waals surface area contributed by atoms with Gasteiger partial charge in [0.1, 0.15) is 21.7 Å². The van der Waals surface area contributed by atoms with E-state index in [2.05, 4.69) is 16.4 Å². The molecule has 0 radical (unpaired) electrons. The van der Waals surface area contributed by atoms with Crippen molar-refractivity contribution in [3.63, 3.8) is 0 Å². The summed E-state index contributed by atoms with van der Waals surface area (Å²) in [6.07, 6.45) is 5.75. The molecule has 0 unspecified atom stereocenters. The largest absolute Gasteiger partial charge is 0.462 e. The second-order valence-electron chi connectivity index (χ2n) is 6.46. The van der Waals surface area contributed by atoms with Crippen LogP contribution in [0.1, 0.15) is 45.6 Å². The zero-order valence-electron chi connectivity index (χ0n) is 15.9. The maximum absolute atomic E-state index is 12.6. The second-order valence-corrected chi connectivity index (χ2v) is 9.38. The van der Waals surface area contributed by atoms with Crippen LogP contribution in [0.15, 0.2) is 29.1 Å². The van der Waals surface area contributed by atoms with Gasteiger partial charge in [0.2, 0.25) is 0 Å². The number of aryl methyl sites for hydroxylation is 1. The number of nitrogens with one attached hydrogen (secondary N) is 1. The highest BCUT2D eigenvalue weighted by atomic mass is 32.1. The SMILES string of the molecule is CCOC(=O)c1c(N/C=C(/C#N)c2nc(-c3cccs3)cs2)sc2c1CCCC2. The van der Waals surface area contributed by atoms with Crippen molar-refractivity contribution in [2.75, 3.05) is 11.9 Å². The van der Waals surface area contributed by atoms with E-state index in [1.54, 1.807) is 28.9 Å². The van der Waals surface area contributed by atoms with Crippen LogP contribution in [0.25, 0.3) is 16.1 Å². The van der Waals surface area contributed by atoms with E-state index in [0.29, 0.717) is 22.8 Å². The number of hydrogen-bond donors (Lipinski definition) is 1. The molecule has 0 atom stereocenters. The molecule has 5 nitrogen and oxygen atoms in total. The van der Waals surface area contributed by atoms with Crippen molar-refractivity contribution in [1.29, 1.82) is 5.26 Å². The van der Waals surface area contributed by atoms with Gasteiger partial charge in [-0.3, -0.25) is 0 Å². The number of allylic oxidation sites excluding steroid dienone is 1. The fourth-order valence-corrected chi connectivity index (χ4v) is 6.09. The standard InChI is InChI=1S/C21H19N3O2S3/c1-2-26-21(25)18-14-6-3-4-7-16(14)29-20(18)23-11-13(10-22)19-24-15(12-28-19)17-8-5-9-27-17/h5,8-9,11-12,23H,2-4,6-7H2,1H3/b13-11-. The number of nitrogens with zero attached hydrogens (tertiary/aromatic N) is 2. The zero-order valence-corrected chi connectivity index (χ0v) is 18.3. The summed E-state index contributed by atoms with van der Waals surface area (Å²) in [6.45, 7) is 2.15. The van der Waals surface area contributed by atoms with E-state index < -0.39 is 0 Å². The third kappa shape index (κ3) is 4.13. The Labute approximate surface area is 181 Å². The molecule has 3 aromatic heterocycles. The van der Waals surface area contributed by atoms with Crippen molar-refractivity contribution in [3.05, 3.63) is 50.1 Å². The molecule has 8 heteroatoms. The number of carbonyl (C=O) groups is 1. The number of ether oxygens (including phenoxy) is 1. The summed E-state index contributed by atoms with van der Waals surface area (Å²) in [5.41, 5.74) is 3.04. The molecule has 0 bridgehead atoms. The maximum Gasteiger partial charge on any atom is 0.341 e. The Morgan fingerprint density at radius 2 is 2.24 bits per heavy atom. The Morgan fingerprint density at radius 1 is 1.38 bits per heavy atom. The monoisotopic (exact) mass is 441 g/mol. The first-order chi connectivity index (χ1) is 14.2. The van der Waals surface area contributed by atoms with Gasteiger partial charge in [0.25, 0.3) is 0 Å². The number of thiazole rings is 1. The van der Waals surface area contributed by atoms with Gasteiger partial charge in [0.05, 0.1) is 22.7 Å². The van der Waals surface area contributed by atoms with Crippen LogP contribution in [0.4, 0.5) is 5.00 Å². The quantitative estimate of drug-likeness (QED) is 0.377. The molecular weight excluding hydrogens is 422 g/mol. The lowest BCUT2D eigenvalue weighted by atomic mass is 9.95. The average molecular weight is 442 g/mol. The Morgan fingerprint density at radius 3 is 3.00 bits per heavy atom. The maximum atomic E-state index is 12.6. The van der Waals surface area contributed by atoms with Crippen LogP contribution in [0, 0.1) is 11.3 Å². The van der Waals surface area contributed by atoms with Crippen LogP contribution < -0.4 is 5.32 Å². The lowest BCUT2D eigenvalue weighted by Crippen LogP contribution is -2.10. The van der Waals surface area contributed by atoms with Crippen LogP contribution in [-0.2, 0) is 17.6 Å². The number of thiophene rings is 2. The molecule has 1 aliphatic rings. The number of esters is 1. The van der Waals surface area contributed by atoms with E-state index in [0.717, 1.165) is 46.8 Å². The van der Waals surface area contributed by atoms with Crippen molar-refractivity contribution in [2.45, 2.75) is 32.6 Å². The molecule has 1 N–H and O–H groups in total. The van der Waals surface area contributed by atoms with Gasteiger partial charge in [0, 0.05) is 16.5 Å². The number of hydrogen-bond acceptors (Lipinski definition) is 8. The minimum Gasteiger partial charge on any atom is -0.462 e. The van der Waals surface area contributed by atoms with Gasteiger partial charge in [-0.25, -0.2) is 9.78 Å². The molecule has 0 fully saturated rings. The van der Waals surface area contributed by atoms with Crippen LogP contribution in [-0.4, -0.2) is 17.6 Å². The van der Waals surface area contributed by atoms with Crippen molar-refractivity contribution in [3.8, 4) is 16.6 Å². The van der Waals surface area contributed by atoms with Gasteiger partial charge >= 0.3 is 5.97 Å². The van der Waals surface area contributed by atoms with E-state index in [-0.39, 0.29) is 5.97 Å². The van der Waals surface area contributed by atoms with Crippen molar-refractivity contribution in [1.82, 2.24) is 4.98 Å². The number of rotatable bonds is 6. The van der Waals surface area contributed by atoms with Gasteiger partial charge in [-0.05, 0) is 49.6 Å². The molecule has 0 saturated carbocycles. The Bertz CT molecular complexity index is 1090. The fraction of sp³-hybridized carbons (Fsp3) is 0.286. The van der Waals surface area contributed by atoms with E-state index in [9.17, 15) is 10.1 Å². The number of anilines is 1. The lowest BCUT2D eigenvalue weighted by molar-refractivity contribution is 0.0526. The van der Waals surface area contributed by atoms with Crippen LogP contribution in [0.2, 0.25) is 0 Å². The summed E-state index contributed by atoms with van der Waals surface area (Å²) >= 11 is 4.64. The Balaban J connectivity index is 1.63. The van der Waals surface area contributed by atoms with Gasteiger partial charge in [0.15, 0.2) is 0 Å². The average Bonchev–Trinajstić information content (AvgIpc) is 3.47. The van der Waals surface area contributed by atoms with Gasteiger partial charge in [-0.15, -0.1) is 34.0 Å². The molecule has 3 aromatic rings. The van der Waals surface area contributed by atoms with Crippen molar-refractivity contribution >= 4 is 50.6 Å². The minimum atomic E-state index is -0.296. The summed E-state index contributed by atoms with van der Waals surface area (Å²) in [7, 11) is 0. The molecule has 0 aliphatic heterocycles. The first-order valence-electron chi connectivity index (χ1n) is 9.39. The number of nitriles is 1. The molecular formula is C21H19N3O2S3. The molecule has 1 aliphatic carbocycles. The molecule has 148 valence electrons. The van der Waals surface area contributed by atoms with E-state index in [1.807, 2.05) is 29.8 Å². The van der Waals surface area contributed by atoms with Crippen LogP contribution >= 0.6 is 34.0 Å². The third-order valence-electron chi connectivity index (χ3n) is 4.63. The third-order valence-corrected chi connectivity index (χ3v) is 7.62. The molecule has 3 heterocycles. The predicted octanol–water partition coefficient (Wildman–Crippen LogP) is 5.97. The summed E-state index contributed by atoms with van der Waals surface area (Å²) in [4.78, 5) is 19.5. The molecule has 0 spiro atoms. The molecule has 0 aromatic carbocycles. The Hall–Kier alpha value is -2.47. The van der Waals surface area contributed by atoms with Gasteiger partial charge < -0.3 is 10.1 Å². The van der Waals surface area contributed by atoms with E-state index in [1.165, 1.54) is 16.2 Å². The smallest absolute Gasteiger partial charge is 0.341 e. The van der Waals surface area contributed by atoms with Crippen molar-refractivity contribution in [2.24, 2.45) is 0 Å². The minimum absolute atomic E-state index is 0.296. The second kappa shape index (κ2) is 8.91. The zero-order chi connectivity index (χ0) is 20.2. The Kier molecular flexibility index (Phi) is 6.09. The summed E-state index contributed by atoms with van der Waals surface area (Å²) in [5, 5.41) is 18.2. The first kappa shape index (κ1) is 19.8. The highest BCUT2D eigenvalue weighted by molar-refractivity contribution is 7.16. The molecule has 4 rings (SSSR count). The number of carbonyl (C=O) groups excluding carboxylic acids is 1. The first-order valence-corrected chi connectivity index (χ1v) is 12.0. The molecule has 0 saturated heterocycles. The fourth-order valence-electron chi connectivity index (χ4n) is 3.30. The van der Waals surface area contributed by atoms with Gasteiger partial charge in [-0.1, -0.05) is 6.07 Å².